The molecule has 0 unspecified atom stereocenters. The van der Waals surface area contributed by atoms with Crippen molar-refractivity contribution in [1.82, 2.24) is 0 Å². The van der Waals surface area contributed by atoms with Gasteiger partial charge in [-0.2, -0.15) is 0 Å². The number of methoxy groups -OCH3 is 1. The second kappa shape index (κ2) is 6.00. The van der Waals surface area contributed by atoms with E-state index in [1.54, 1.807) is 0 Å². The third-order valence-corrected chi connectivity index (χ3v) is 2.61. The second-order valence-corrected chi connectivity index (χ2v) is 3.93. The molecule has 98 valence electrons. The molecule has 3 nitrogen and oxygen atoms in total. The summed E-state index contributed by atoms with van der Waals surface area (Å²) in [7, 11) is 1.36. The Morgan fingerprint density at radius 3 is 2.58 bits per heavy atom. The Morgan fingerprint density at radius 1 is 1.21 bits per heavy atom. The first-order chi connectivity index (χ1) is 9.24. The van der Waals surface area contributed by atoms with Crippen molar-refractivity contribution in [2.45, 2.75) is 6.61 Å². The van der Waals surface area contributed by atoms with E-state index in [0.717, 1.165) is 11.6 Å². The van der Waals surface area contributed by atoms with Crippen LogP contribution >= 0.6 is 0 Å². The molecule has 0 bridgehead atoms. The highest BCUT2D eigenvalue weighted by Gasteiger charge is 2.13. The van der Waals surface area contributed by atoms with E-state index in [1.807, 2.05) is 30.3 Å². The number of carbonyl (C=O) groups is 1. The number of hydrogen-bond acceptors (Lipinski definition) is 3. The number of hydrogen-bond donors (Lipinski definition) is 0. The van der Waals surface area contributed by atoms with Gasteiger partial charge in [-0.25, -0.2) is 4.39 Å². The van der Waals surface area contributed by atoms with Crippen molar-refractivity contribution in [2.24, 2.45) is 0 Å². The largest absolute Gasteiger partial charge is 0.490 e. The van der Waals surface area contributed by atoms with Crippen molar-refractivity contribution in [3.8, 4) is 11.5 Å². The molecule has 0 aromatic heterocycles. The van der Waals surface area contributed by atoms with Crippen molar-refractivity contribution in [2.75, 3.05) is 7.11 Å². The summed E-state index contributed by atoms with van der Waals surface area (Å²) >= 11 is 0. The minimum absolute atomic E-state index is 0.00142. The first-order valence-electron chi connectivity index (χ1n) is 5.74. The van der Waals surface area contributed by atoms with E-state index >= 15 is 0 Å². The molecule has 0 aliphatic carbocycles. The standard InChI is InChI=1S/C15H13FO3/c1-18-15-13(16)7-12(9-17)8-14(15)19-10-11-5-3-2-4-6-11/h2-9H,10H2,1H3. The molecule has 0 N–H and O–H groups in total. The second-order valence-electron chi connectivity index (χ2n) is 3.93. The molecule has 0 amide bonds. The van der Waals surface area contributed by atoms with Crippen LogP contribution in [0.5, 0.6) is 11.5 Å². The predicted molar refractivity (Wildman–Crippen MR) is 69.1 cm³/mol. The van der Waals surface area contributed by atoms with E-state index in [2.05, 4.69) is 0 Å². The highest BCUT2D eigenvalue weighted by atomic mass is 19.1. The van der Waals surface area contributed by atoms with Crippen LogP contribution in [0.3, 0.4) is 0 Å². The van der Waals surface area contributed by atoms with E-state index in [0.29, 0.717) is 6.29 Å². The van der Waals surface area contributed by atoms with E-state index in [9.17, 15) is 9.18 Å². The number of aldehydes is 1. The molecule has 0 saturated carbocycles. The lowest BCUT2D eigenvalue weighted by molar-refractivity contribution is 0.112. The fourth-order valence-corrected chi connectivity index (χ4v) is 1.70. The molecule has 0 atom stereocenters. The van der Waals surface area contributed by atoms with Crippen LogP contribution in [0, 0.1) is 5.82 Å². The summed E-state index contributed by atoms with van der Waals surface area (Å²) in [4.78, 5) is 10.7. The number of halogens is 1. The monoisotopic (exact) mass is 260 g/mol. The van der Waals surface area contributed by atoms with Crippen LogP contribution in [0.1, 0.15) is 15.9 Å². The molecule has 0 heterocycles. The smallest absolute Gasteiger partial charge is 0.196 e. The first kappa shape index (κ1) is 13.1. The molecule has 0 radical (unpaired) electrons. The van der Waals surface area contributed by atoms with Crippen molar-refractivity contribution < 1.29 is 18.7 Å². The predicted octanol–water partition coefficient (Wildman–Crippen LogP) is 3.23. The lowest BCUT2D eigenvalue weighted by atomic mass is 10.2. The third kappa shape index (κ3) is 3.10. The van der Waals surface area contributed by atoms with Gasteiger partial charge in [-0.3, -0.25) is 4.79 Å². The summed E-state index contributed by atoms with van der Waals surface area (Å²) in [5.74, 6) is -0.398. The summed E-state index contributed by atoms with van der Waals surface area (Å²) in [6, 6.07) is 12.0. The average Bonchev–Trinajstić information content (AvgIpc) is 2.45. The number of carbonyl (C=O) groups excluding carboxylic acids is 1. The van der Waals surface area contributed by atoms with Gasteiger partial charge in [0, 0.05) is 5.56 Å². The molecular formula is C15H13FO3. The van der Waals surface area contributed by atoms with Crippen LogP contribution in [0.4, 0.5) is 4.39 Å². The lowest BCUT2D eigenvalue weighted by Gasteiger charge is -2.12. The van der Waals surface area contributed by atoms with Crippen LogP contribution in [0.25, 0.3) is 0 Å². The van der Waals surface area contributed by atoms with E-state index in [1.165, 1.54) is 13.2 Å². The van der Waals surface area contributed by atoms with Crippen LogP contribution in [0.15, 0.2) is 42.5 Å². The van der Waals surface area contributed by atoms with Gasteiger partial charge in [0.25, 0.3) is 0 Å². The fourth-order valence-electron chi connectivity index (χ4n) is 1.70. The zero-order valence-corrected chi connectivity index (χ0v) is 10.4. The van der Waals surface area contributed by atoms with Crippen molar-refractivity contribution >= 4 is 6.29 Å². The maximum atomic E-state index is 13.7. The lowest BCUT2D eigenvalue weighted by Crippen LogP contribution is -2.00. The van der Waals surface area contributed by atoms with E-state index in [4.69, 9.17) is 9.47 Å². The maximum Gasteiger partial charge on any atom is 0.196 e. The fraction of sp³-hybridized carbons (Fsp3) is 0.133. The molecule has 0 spiro atoms. The first-order valence-corrected chi connectivity index (χ1v) is 5.74. The van der Waals surface area contributed by atoms with Gasteiger partial charge < -0.3 is 9.47 Å². The van der Waals surface area contributed by atoms with Crippen LogP contribution < -0.4 is 9.47 Å². The summed E-state index contributed by atoms with van der Waals surface area (Å²) in [5, 5.41) is 0. The van der Waals surface area contributed by atoms with Gasteiger partial charge in [0.1, 0.15) is 12.9 Å². The number of benzene rings is 2. The normalized spacial score (nSPS) is 10.0. The average molecular weight is 260 g/mol. The van der Waals surface area contributed by atoms with Gasteiger partial charge >= 0.3 is 0 Å². The zero-order valence-electron chi connectivity index (χ0n) is 10.4. The number of ether oxygens (including phenoxy) is 2. The van der Waals surface area contributed by atoms with Gasteiger partial charge in [0.2, 0.25) is 0 Å². The SMILES string of the molecule is COc1c(F)cc(C=O)cc1OCc1ccccc1. The van der Waals surface area contributed by atoms with Gasteiger partial charge in [-0.1, -0.05) is 30.3 Å². The Kier molecular flexibility index (Phi) is 4.13. The minimum atomic E-state index is -0.616. The van der Waals surface area contributed by atoms with Crippen LogP contribution in [-0.2, 0) is 6.61 Å². The Labute approximate surface area is 110 Å². The van der Waals surface area contributed by atoms with Crippen LogP contribution in [-0.4, -0.2) is 13.4 Å². The van der Waals surface area contributed by atoms with Gasteiger partial charge in [0.05, 0.1) is 7.11 Å². The van der Waals surface area contributed by atoms with E-state index < -0.39 is 5.82 Å². The Bertz CT molecular complexity index is 567. The van der Waals surface area contributed by atoms with E-state index in [-0.39, 0.29) is 23.7 Å². The summed E-state index contributed by atoms with van der Waals surface area (Å²) in [6.07, 6.45) is 0.567. The van der Waals surface area contributed by atoms with Crippen molar-refractivity contribution in [3.63, 3.8) is 0 Å². The highest BCUT2D eigenvalue weighted by molar-refractivity contribution is 5.76. The molecule has 19 heavy (non-hydrogen) atoms. The van der Waals surface area contributed by atoms with Crippen LogP contribution in [0.2, 0.25) is 0 Å². The maximum absolute atomic E-state index is 13.7. The molecule has 2 aromatic rings. The minimum Gasteiger partial charge on any atom is -0.490 e. The molecule has 2 aromatic carbocycles. The molecule has 0 aliphatic rings. The van der Waals surface area contributed by atoms with Gasteiger partial charge in [-0.05, 0) is 17.7 Å². The summed E-state index contributed by atoms with van der Waals surface area (Å²) in [5.41, 5.74) is 1.16. The third-order valence-electron chi connectivity index (χ3n) is 2.61. The van der Waals surface area contributed by atoms with Gasteiger partial charge in [-0.15, -0.1) is 0 Å². The Hall–Kier alpha value is -2.36. The zero-order chi connectivity index (χ0) is 13.7. The molecule has 0 saturated heterocycles. The molecule has 2 rings (SSSR count). The Morgan fingerprint density at radius 2 is 1.95 bits per heavy atom. The topological polar surface area (TPSA) is 35.5 Å². The van der Waals surface area contributed by atoms with Gasteiger partial charge in [0.15, 0.2) is 17.3 Å². The quantitative estimate of drug-likeness (QED) is 0.774. The summed E-state index contributed by atoms with van der Waals surface area (Å²) in [6.45, 7) is 0.277. The molecule has 0 aliphatic heterocycles. The summed E-state index contributed by atoms with van der Waals surface area (Å²) < 4.78 is 24.1. The highest BCUT2D eigenvalue weighted by Crippen LogP contribution is 2.31. The molecule has 4 heteroatoms. The van der Waals surface area contributed by atoms with Crippen molar-refractivity contribution in [3.05, 3.63) is 59.4 Å². The molecular weight excluding hydrogens is 247 g/mol. The van der Waals surface area contributed by atoms with Crippen molar-refractivity contribution in [1.29, 1.82) is 0 Å². The molecule has 0 fully saturated rings. The number of rotatable bonds is 5. The Balaban J connectivity index is 2.23.